The van der Waals surface area contributed by atoms with Crippen LogP contribution in [0.3, 0.4) is 0 Å². The second-order valence-corrected chi connectivity index (χ2v) is 17.0. The van der Waals surface area contributed by atoms with E-state index in [1.807, 2.05) is 32.8 Å². The largest absolute Gasteiger partial charge is 0.459 e. The molecule has 3 rings (SSSR count). The molecule has 0 bridgehead atoms. The molecule has 1 amide bonds. The summed E-state index contributed by atoms with van der Waals surface area (Å²) in [4.78, 5) is 42.0. The van der Waals surface area contributed by atoms with Crippen LogP contribution in [-0.4, -0.2) is 151 Å². The zero-order chi connectivity index (χ0) is 42.0. The van der Waals surface area contributed by atoms with Gasteiger partial charge in [-0.05, 0) is 74.9 Å². The van der Waals surface area contributed by atoms with Gasteiger partial charge in [-0.3, -0.25) is 9.59 Å². The number of ketones is 1. The fraction of sp³-hybridized carbons (Fsp3) is 0.923. The van der Waals surface area contributed by atoms with Crippen LogP contribution < -0.4 is 5.73 Å². The predicted molar refractivity (Wildman–Crippen MR) is 199 cm³/mol. The van der Waals surface area contributed by atoms with Crippen molar-refractivity contribution in [2.75, 3.05) is 28.3 Å². The third-order valence-corrected chi connectivity index (χ3v) is 12.5. The Hall–Kier alpha value is -1.99. The molecule has 0 aromatic heterocycles. The van der Waals surface area contributed by atoms with Gasteiger partial charge in [0.2, 0.25) is 0 Å². The van der Waals surface area contributed by atoms with E-state index < -0.39 is 108 Å². The van der Waals surface area contributed by atoms with Gasteiger partial charge in [0.1, 0.15) is 29.2 Å². The molecule has 0 radical (unpaired) electrons. The Bertz CT molecular complexity index is 1300. The minimum Gasteiger partial charge on any atom is -0.459 e. The normalized spacial score (nSPS) is 46.8. The lowest BCUT2D eigenvalue weighted by molar-refractivity contribution is -0.319. The predicted octanol–water partition coefficient (Wildman–Crippen LogP) is 2.54. The number of Topliss-reactive ketones (excluding diaryl/α,β-unsaturated/α-hetero) is 1. The van der Waals surface area contributed by atoms with Gasteiger partial charge in [0.25, 0.3) is 0 Å². The summed E-state index contributed by atoms with van der Waals surface area (Å²) in [6.07, 6.45) is -10.2. The number of nitrogens with zero attached hydrogens (tertiary/aromatic N) is 1. The number of rotatable bonds is 9. The van der Waals surface area contributed by atoms with Crippen molar-refractivity contribution < 1.29 is 67.6 Å². The highest BCUT2D eigenvalue weighted by Crippen LogP contribution is 2.42. The minimum absolute atomic E-state index is 0.0538. The van der Waals surface area contributed by atoms with Crippen LogP contribution in [0, 0.1) is 23.7 Å². The van der Waals surface area contributed by atoms with Crippen LogP contribution in [0.4, 0.5) is 4.79 Å². The molecule has 3 fully saturated rings. The van der Waals surface area contributed by atoms with Gasteiger partial charge in [0.15, 0.2) is 18.7 Å². The smallest absolute Gasteiger partial charge is 0.404 e. The van der Waals surface area contributed by atoms with Crippen LogP contribution >= 0.6 is 0 Å². The first-order valence-corrected chi connectivity index (χ1v) is 19.6. The summed E-state index contributed by atoms with van der Waals surface area (Å²) in [5, 5.41) is 34.8. The number of amides is 1. The maximum Gasteiger partial charge on any atom is 0.404 e. The summed E-state index contributed by atoms with van der Waals surface area (Å²) in [6, 6.07) is -0.307. The molecular formula is C39H70N2O14. The van der Waals surface area contributed by atoms with Crippen LogP contribution in [0.2, 0.25) is 0 Å². The van der Waals surface area contributed by atoms with Crippen molar-refractivity contribution >= 4 is 17.8 Å². The number of esters is 1. The molecule has 320 valence electrons. The molecule has 5 N–H and O–H groups in total. The quantitative estimate of drug-likeness (QED) is 0.247. The van der Waals surface area contributed by atoms with Gasteiger partial charge >= 0.3 is 12.1 Å². The molecule has 55 heavy (non-hydrogen) atoms. The van der Waals surface area contributed by atoms with Crippen LogP contribution in [-0.2, 0) is 47.5 Å². The SMILES string of the molecule is CCC1OC(=O)C(C)C(OC2CC(C)(OC)C(OC(N)=O)C(C)O2)C(C)C(OC2OC(C)CC(N(C)C)C2O)C(C)(OC)CC(C)C(=O)C(C)C(O)C1(C)O. The Balaban J connectivity index is 2.23. The summed E-state index contributed by atoms with van der Waals surface area (Å²) >= 11 is 0. The van der Waals surface area contributed by atoms with Crippen LogP contribution in [0.15, 0.2) is 0 Å². The van der Waals surface area contributed by atoms with Crippen LogP contribution in [0.5, 0.6) is 0 Å². The summed E-state index contributed by atoms with van der Waals surface area (Å²) in [6.45, 7) is 16.9. The molecule has 0 aliphatic carbocycles. The first kappa shape index (κ1) is 47.4. The summed E-state index contributed by atoms with van der Waals surface area (Å²) < 4.78 is 49.6. The van der Waals surface area contributed by atoms with Crippen molar-refractivity contribution in [3.05, 3.63) is 0 Å². The second-order valence-electron chi connectivity index (χ2n) is 17.0. The van der Waals surface area contributed by atoms with E-state index in [0.29, 0.717) is 6.42 Å². The molecule has 16 heteroatoms. The van der Waals surface area contributed by atoms with Gasteiger partial charge < -0.3 is 63.8 Å². The average molecular weight is 791 g/mol. The number of methoxy groups -OCH3 is 2. The van der Waals surface area contributed by atoms with E-state index in [1.54, 1.807) is 48.5 Å². The van der Waals surface area contributed by atoms with E-state index in [4.69, 9.17) is 43.6 Å². The summed E-state index contributed by atoms with van der Waals surface area (Å²) in [5.74, 6) is -4.67. The van der Waals surface area contributed by atoms with Crippen molar-refractivity contribution in [1.82, 2.24) is 4.90 Å². The molecule has 3 aliphatic heterocycles. The van der Waals surface area contributed by atoms with Crippen LogP contribution in [0.1, 0.15) is 94.9 Å². The van der Waals surface area contributed by atoms with Crippen molar-refractivity contribution in [2.45, 2.75) is 179 Å². The van der Waals surface area contributed by atoms with E-state index in [0.717, 1.165) is 0 Å². The fourth-order valence-electron chi connectivity index (χ4n) is 8.92. The number of ether oxygens (including phenoxy) is 8. The number of aliphatic hydroxyl groups excluding tert-OH is 2. The summed E-state index contributed by atoms with van der Waals surface area (Å²) in [5.41, 5.74) is 0.987. The van der Waals surface area contributed by atoms with Gasteiger partial charge in [0.05, 0.1) is 42.0 Å². The Kier molecular flexibility index (Phi) is 16.1. The molecule has 18 unspecified atom stereocenters. The van der Waals surface area contributed by atoms with Crippen molar-refractivity contribution in [3.8, 4) is 0 Å². The Morgan fingerprint density at radius 3 is 2.02 bits per heavy atom. The number of carbonyl (C=O) groups excluding carboxylic acids is 3. The van der Waals surface area contributed by atoms with Gasteiger partial charge in [-0.2, -0.15) is 0 Å². The number of nitrogens with two attached hydrogens (primary N) is 1. The third-order valence-electron chi connectivity index (χ3n) is 12.5. The number of aliphatic hydroxyl groups is 3. The van der Waals surface area contributed by atoms with E-state index in [9.17, 15) is 29.7 Å². The average Bonchev–Trinajstić information content (AvgIpc) is 3.11. The number of primary amides is 1. The highest BCUT2D eigenvalue weighted by atomic mass is 16.7. The Morgan fingerprint density at radius 1 is 0.909 bits per heavy atom. The lowest BCUT2D eigenvalue weighted by atomic mass is 9.74. The molecule has 0 aromatic rings. The Labute approximate surface area is 326 Å². The zero-order valence-corrected chi connectivity index (χ0v) is 35.3. The molecule has 18 atom stereocenters. The summed E-state index contributed by atoms with van der Waals surface area (Å²) in [7, 11) is 6.69. The van der Waals surface area contributed by atoms with Crippen molar-refractivity contribution in [2.24, 2.45) is 29.4 Å². The number of likely N-dealkylation sites (N-methyl/N-ethyl adjacent to an activating group) is 1. The number of carbonyl (C=O) groups is 3. The first-order chi connectivity index (χ1) is 25.4. The standard InChI is InChI=1S/C39H70N2O14/c1-15-26-39(10,47)31(44)21(4)28(42)19(2)17-37(8,48-13)32(54-35-29(43)25(41(11)12)16-20(3)50-35)22(5)30(23(6)34(45)52-26)53-27-18-38(9,49-14)33(24(7)51-27)55-36(40)46/h19-27,29-33,35,43-44,47H,15-18H2,1-14H3,(H2,40,46). The highest BCUT2D eigenvalue weighted by molar-refractivity contribution is 5.83. The second kappa shape index (κ2) is 18.7. The van der Waals surface area contributed by atoms with Gasteiger partial charge in [-0.25, -0.2) is 4.79 Å². The van der Waals surface area contributed by atoms with Gasteiger partial charge in [0, 0.05) is 44.4 Å². The topological polar surface area (TPSA) is 215 Å². The van der Waals surface area contributed by atoms with E-state index in [-0.39, 0.29) is 37.2 Å². The number of hydrogen-bond donors (Lipinski definition) is 4. The van der Waals surface area contributed by atoms with Gasteiger partial charge in [-0.15, -0.1) is 0 Å². The Morgan fingerprint density at radius 2 is 1.49 bits per heavy atom. The van der Waals surface area contributed by atoms with Crippen molar-refractivity contribution in [3.63, 3.8) is 0 Å². The zero-order valence-electron chi connectivity index (χ0n) is 35.3. The number of cyclic esters (lactones) is 1. The molecule has 0 saturated carbocycles. The minimum atomic E-state index is -1.99. The maximum atomic E-state index is 14.3. The molecule has 3 aliphatic rings. The molecule has 0 aromatic carbocycles. The lowest BCUT2D eigenvalue weighted by Gasteiger charge is -2.50. The lowest BCUT2D eigenvalue weighted by Crippen LogP contribution is -2.62. The molecular weight excluding hydrogens is 720 g/mol. The molecule has 3 heterocycles. The maximum absolute atomic E-state index is 14.3. The van der Waals surface area contributed by atoms with Crippen LogP contribution in [0.25, 0.3) is 0 Å². The van der Waals surface area contributed by atoms with Gasteiger partial charge in [-0.1, -0.05) is 27.7 Å². The monoisotopic (exact) mass is 790 g/mol. The molecule has 3 saturated heterocycles. The fourth-order valence-corrected chi connectivity index (χ4v) is 8.92. The highest BCUT2D eigenvalue weighted by Gasteiger charge is 2.54. The molecule has 16 nitrogen and oxygen atoms in total. The van der Waals surface area contributed by atoms with E-state index in [1.165, 1.54) is 21.1 Å². The number of hydrogen-bond acceptors (Lipinski definition) is 15. The van der Waals surface area contributed by atoms with E-state index >= 15 is 0 Å². The molecule has 0 spiro atoms. The third kappa shape index (κ3) is 10.4. The first-order valence-electron chi connectivity index (χ1n) is 19.6. The van der Waals surface area contributed by atoms with Crippen molar-refractivity contribution in [1.29, 1.82) is 0 Å². The van der Waals surface area contributed by atoms with E-state index in [2.05, 4.69) is 0 Å².